The Morgan fingerprint density at radius 3 is 2.22 bits per heavy atom. The van der Waals surface area contributed by atoms with Gasteiger partial charge in [0.05, 0.1) is 12.7 Å². The molecule has 0 aliphatic carbocycles. The number of nitrogens with zero attached hydrogens (tertiary/aromatic N) is 4. The normalized spacial score (nSPS) is 27.6. The second-order valence-electron chi connectivity index (χ2n) is 8.01. The van der Waals surface area contributed by atoms with Crippen molar-refractivity contribution in [3.8, 4) is 5.75 Å². The van der Waals surface area contributed by atoms with Crippen LogP contribution in [-0.2, 0) is 12.1 Å². The smallest absolute Gasteiger partial charge is 0.224 e. The van der Waals surface area contributed by atoms with Crippen LogP contribution in [0.5, 0.6) is 5.75 Å². The van der Waals surface area contributed by atoms with Gasteiger partial charge in [-0.15, -0.1) is 0 Å². The summed E-state index contributed by atoms with van der Waals surface area (Å²) in [7, 11) is 5.55. The molecule has 2 aliphatic rings. The lowest BCUT2D eigenvalue weighted by Crippen LogP contribution is -2.49. The molecule has 0 amide bonds. The van der Waals surface area contributed by atoms with E-state index in [0.717, 1.165) is 55.1 Å². The Morgan fingerprint density at radius 1 is 1.11 bits per heavy atom. The van der Waals surface area contributed by atoms with Crippen LogP contribution in [-0.4, -0.2) is 53.3 Å². The van der Waals surface area contributed by atoms with E-state index in [4.69, 9.17) is 4.74 Å². The van der Waals surface area contributed by atoms with E-state index in [1.54, 1.807) is 7.11 Å². The standard InChI is InChI=1S/C21H28N4O2/c1-24(2)20-22-12-15(13-23-20)14-25-17-6-7-18(25)11-21(26,10-17)16-4-8-19(27-3)9-5-16/h4-5,8-9,12-13,17-18,26H,6-7,10-11,14H2,1-3H3/t17-,18-/m0/s1. The van der Waals surface area contributed by atoms with Crippen LogP contribution in [0.2, 0.25) is 0 Å². The van der Waals surface area contributed by atoms with Crippen LogP contribution in [0.3, 0.4) is 0 Å². The molecule has 144 valence electrons. The van der Waals surface area contributed by atoms with Crippen molar-refractivity contribution < 1.29 is 9.84 Å². The SMILES string of the molecule is COc1ccc(C2(O)C[C@@H]3CC[C@@H](C2)N3Cc2cnc(N(C)C)nc2)cc1. The van der Waals surface area contributed by atoms with Gasteiger partial charge in [0.1, 0.15) is 5.75 Å². The number of benzene rings is 1. The number of methoxy groups -OCH3 is 1. The maximum absolute atomic E-state index is 11.4. The van der Waals surface area contributed by atoms with Crippen LogP contribution in [0.15, 0.2) is 36.7 Å². The lowest BCUT2D eigenvalue weighted by atomic mass is 9.80. The Labute approximate surface area is 160 Å². The van der Waals surface area contributed by atoms with Crippen LogP contribution in [0.25, 0.3) is 0 Å². The fourth-order valence-electron chi connectivity index (χ4n) is 4.58. The van der Waals surface area contributed by atoms with Gasteiger partial charge in [-0.1, -0.05) is 12.1 Å². The first-order valence-electron chi connectivity index (χ1n) is 9.59. The van der Waals surface area contributed by atoms with Gasteiger partial charge in [-0.2, -0.15) is 0 Å². The number of piperidine rings is 1. The fourth-order valence-corrected chi connectivity index (χ4v) is 4.58. The summed E-state index contributed by atoms with van der Waals surface area (Å²) in [5, 5.41) is 11.4. The van der Waals surface area contributed by atoms with Crippen molar-refractivity contribution in [3.63, 3.8) is 0 Å². The Bertz CT molecular complexity index is 762. The van der Waals surface area contributed by atoms with E-state index in [-0.39, 0.29) is 0 Å². The highest BCUT2D eigenvalue weighted by Gasteiger charge is 2.48. The number of aromatic nitrogens is 2. The molecule has 27 heavy (non-hydrogen) atoms. The molecule has 2 aliphatic heterocycles. The Balaban J connectivity index is 1.48. The van der Waals surface area contributed by atoms with Crippen molar-refractivity contribution >= 4 is 5.95 Å². The van der Waals surface area contributed by atoms with Gasteiger partial charge in [-0.25, -0.2) is 9.97 Å². The number of anilines is 1. The van der Waals surface area contributed by atoms with E-state index in [1.165, 1.54) is 0 Å². The van der Waals surface area contributed by atoms with Crippen LogP contribution in [0, 0.1) is 0 Å². The molecule has 3 heterocycles. The summed E-state index contributed by atoms with van der Waals surface area (Å²) in [6.07, 6.45) is 7.66. The summed E-state index contributed by atoms with van der Waals surface area (Å²) in [6, 6.07) is 8.66. The molecule has 0 unspecified atom stereocenters. The largest absolute Gasteiger partial charge is 0.497 e. The number of aliphatic hydroxyl groups is 1. The maximum Gasteiger partial charge on any atom is 0.224 e. The van der Waals surface area contributed by atoms with E-state index < -0.39 is 5.60 Å². The minimum atomic E-state index is -0.750. The van der Waals surface area contributed by atoms with Gasteiger partial charge in [-0.05, 0) is 43.4 Å². The number of hydrogen-bond donors (Lipinski definition) is 1. The second-order valence-corrected chi connectivity index (χ2v) is 8.01. The fraction of sp³-hybridized carbons (Fsp3) is 0.524. The van der Waals surface area contributed by atoms with Gasteiger partial charge in [0.25, 0.3) is 0 Å². The molecule has 2 bridgehead atoms. The van der Waals surface area contributed by atoms with E-state index in [9.17, 15) is 5.11 Å². The molecule has 6 heteroatoms. The van der Waals surface area contributed by atoms with Crippen molar-refractivity contribution in [2.45, 2.75) is 49.9 Å². The van der Waals surface area contributed by atoms with Gasteiger partial charge >= 0.3 is 0 Å². The van der Waals surface area contributed by atoms with E-state index in [2.05, 4.69) is 14.9 Å². The predicted molar refractivity (Wildman–Crippen MR) is 105 cm³/mol. The molecule has 1 aromatic heterocycles. The van der Waals surface area contributed by atoms with E-state index in [1.807, 2.05) is 55.7 Å². The molecule has 6 nitrogen and oxygen atoms in total. The van der Waals surface area contributed by atoms with Gasteiger partial charge in [0.2, 0.25) is 5.95 Å². The zero-order valence-electron chi connectivity index (χ0n) is 16.3. The summed E-state index contributed by atoms with van der Waals surface area (Å²) in [5.74, 6) is 1.55. The molecule has 0 saturated carbocycles. The van der Waals surface area contributed by atoms with E-state index in [0.29, 0.717) is 12.1 Å². The van der Waals surface area contributed by atoms with Crippen LogP contribution < -0.4 is 9.64 Å². The lowest BCUT2D eigenvalue weighted by molar-refractivity contribution is -0.0595. The summed E-state index contributed by atoms with van der Waals surface area (Å²) < 4.78 is 5.25. The quantitative estimate of drug-likeness (QED) is 0.875. The Hall–Kier alpha value is -2.18. The van der Waals surface area contributed by atoms with Crippen LogP contribution >= 0.6 is 0 Å². The van der Waals surface area contributed by atoms with E-state index >= 15 is 0 Å². The van der Waals surface area contributed by atoms with Crippen molar-refractivity contribution in [1.82, 2.24) is 14.9 Å². The second kappa shape index (κ2) is 7.09. The molecule has 2 atom stereocenters. The molecule has 1 aromatic carbocycles. The first kappa shape index (κ1) is 18.2. The van der Waals surface area contributed by atoms with Gasteiger partial charge < -0.3 is 14.7 Å². The highest BCUT2D eigenvalue weighted by Crippen LogP contribution is 2.46. The van der Waals surface area contributed by atoms with Crippen LogP contribution in [0.4, 0.5) is 5.95 Å². The monoisotopic (exact) mass is 368 g/mol. The third kappa shape index (κ3) is 3.51. The van der Waals surface area contributed by atoms with Crippen molar-refractivity contribution in [1.29, 1.82) is 0 Å². The van der Waals surface area contributed by atoms with Gasteiger partial charge in [0, 0.05) is 50.7 Å². The predicted octanol–water partition coefficient (Wildman–Crippen LogP) is 2.57. The molecule has 2 saturated heterocycles. The van der Waals surface area contributed by atoms with Crippen molar-refractivity contribution in [3.05, 3.63) is 47.8 Å². The highest BCUT2D eigenvalue weighted by molar-refractivity contribution is 5.32. The molecular formula is C21H28N4O2. The molecular weight excluding hydrogens is 340 g/mol. The number of fused-ring (bicyclic) bond motifs is 2. The zero-order chi connectivity index (χ0) is 19.0. The molecule has 1 N–H and O–H groups in total. The number of ether oxygens (including phenoxy) is 1. The lowest BCUT2D eigenvalue weighted by Gasteiger charge is -2.44. The summed E-state index contributed by atoms with van der Waals surface area (Å²) >= 11 is 0. The topological polar surface area (TPSA) is 61.7 Å². The third-order valence-corrected chi connectivity index (χ3v) is 6.00. The molecule has 2 aromatic rings. The average Bonchev–Trinajstić information content (AvgIpc) is 2.92. The molecule has 0 spiro atoms. The highest BCUT2D eigenvalue weighted by atomic mass is 16.5. The maximum atomic E-state index is 11.4. The Morgan fingerprint density at radius 2 is 1.70 bits per heavy atom. The number of rotatable bonds is 5. The van der Waals surface area contributed by atoms with Crippen LogP contribution in [0.1, 0.15) is 36.8 Å². The summed E-state index contributed by atoms with van der Waals surface area (Å²) in [5.41, 5.74) is 1.38. The zero-order valence-corrected chi connectivity index (χ0v) is 16.3. The van der Waals surface area contributed by atoms with Crippen molar-refractivity contribution in [2.75, 3.05) is 26.1 Å². The first-order valence-corrected chi connectivity index (χ1v) is 9.59. The molecule has 4 rings (SSSR count). The summed E-state index contributed by atoms with van der Waals surface area (Å²) in [4.78, 5) is 13.3. The first-order chi connectivity index (χ1) is 13.0. The summed E-state index contributed by atoms with van der Waals surface area (Å²) in [6.45, 7) is 0.849. The third-order valence-electron chi connectivity index (χ3n) is 6.00. The average molecular weight is 368 g/mol. The van der Waals surface area contributed by atoms with Crippen molar-refractivity contribution in [2.24, 2.45) is 0 Å². The minimum absolute atomic E-state index is 0.393. The minimum Gasteiger partial charge on any atom is -0.497 e. The van der Waals surface area contributed by atoms with Gasteiger partial charge in [-0.3, -0.25) is 4.90 Å². The molecule has 2 fully saturated rings. The van der Waals surface area contributed by atoms with Gasteiger partial charge in [0.15, 0.2) is 0 Å². The molecule has 0 radical (unpaired) electrons. The Kier molecular flexibility index (Phi) is 4.78. The number of hydrogen-bond acceptors (Lipinski definition) is 6.